The van der Waals surface area contributed by atoms with Gasteiger partial charge in [0.1, 0.15) is 17.4 Å². The molecule has 0 heterocycles. The average molecular weight is 454 g/mol. The van der Waals surface area contributed by atoms with Crippen molar-refractivity contribution in [3.8, 4) is 11.8 Å². The highest BCUT2D eigenvalue weighted by Crippen LogP contribution is 2.19. The van der Waals surface area contributed by atoms with Crippen molar-refractivity contribution in [2.24, 2.45) is 0 Å². The molecule has 0 spiro atoms. The van der Waals surface area contributed by atoms with Gasteiger partial charge in [-0.05, 0) is 78.9 Å². The lowest BCUT2D eigenvalue weighted by Crippen LogP contribution is -2.20. The molecule has 0 saturated heterocycles. The monoisotopic (exact) mass is 453 g/mol. The number of nitrogens with zero attached hydrogens (tertiary/aromatic N) is 1. The van der Waals surface area contributed by atoms with Gasteiger partial charge in [-0.2, -0.15) is 5.26 Å². The van der Waals surface area contributed by atoms with Crippen LogP contribution in [0.3, 0.4) is 0 Å². The molecule has 0 radical (unpaired) electrons. The summed E-state index contributed by atoms with van der Waals surface area (Å²) in [6.07, 6.45) is 2.25. The van der Waals surface area contributed by atoms with Gasteiger partial charge in [0.2, 0.25) is 0 Å². The number of anilines is 2. The Labute approximate surface area is 199 Å². The van der Waals surface area contributed by atoms with Crippen LogP contribution < -0.4 is 15.4 Å². The highest BCUT2D eigenvalue weighted by molar-refractivity contribution is 6.10. The standard InChI is InChI=1S/C28H27N3O3/c1-4-22-9-5-6-11-26(22)31-28(33)23(17-29)15-21-8-7-10-25(16-21)34-18-27(32)30-24-13-12-19(2)20(3)14-24/h5-16H,4,18H2,1-3H3,(H,30,32)(H,31,33)/b23-15-. The fourth-order valence-corrected chi connectivity index (χ4v) is 3.31. The van der Waals surface area contributed by atoms with Gasteiger partial charge in [0, 0.05) is 11.4 Å². The van der Waals surface area contributed by atoms with Crippen molar-refractivity contribution in [3.05, 3.63) is 94.6 Å². The van der Waals surface area contributed by atoms with Crippen molar-refractivity contribution in [2.45, 2.75) is 27.2 Å². The zero-order valence-electron chi connectivity index (χ0n) is 19.5. The Balaban J connectivity index is 1.65. The third-order valence-corrected chi connectivity index (χ3v) is 5.34. The third-order valence-electron chi connectivity index (χ3n) is 5.34. The first-order valence-corrected chi connectivity index (χ1v) is 11.0. The van der Waals surface area contributed by atoms with Gasteiger partial charge in [-0.3, -0.25) is 9.59 Å². The van der Waals surface area contributed by atoms with Gasteiger partial charge in [0.25, 0.3) is 11.8 Å². The normalized spacial score (nSPS) is 10.8. The Hall–Kier alpha value is -4.37. The van der Waals surface area contributed by atoms with Crippen LogP contribution in [-0.4, -0.2) is 18.4 Å². The largest absolute Gasteiger partial charge is 0.484 e. The molecule has 0 unspecified atom stereocenters. The van der Waals surface area contributed by atoms with Crippen LogP contribution in [0.1, 0.15) is 29.2 Å². The molecule has 2 amide bonds. The van der Waals surface area contributed by atoms with Crippen LogP contribution in [0.15, 0.2) is 72.3 Å². The van der Waals surface area contributed by atoms with Gasteiger partial charge in [0.05, 0.1) is 0 Å². The van der Waals surface area contributed by atoms with Gasteiger partial charge in [-0.1, -0.05) is 43.3 Å². The van der Waals surface area contributed by atoms with Gasteiger partial charge in [0.15, 0.2) is 6.61 Å². The van der Waals surface area contributed by atoms with Crippen molar-refractivity contribution in [2.75, 3.05) is 17.2 Å². The Bertz CT molecular complexity index is 1270. The van der Waals surface area contributed by atoms with Crippen molar-refractivity contribution >= 4 is 29.3 Å². The summed E-state index contributed by atoms with van der Waals surface area (Å²) in [4.78, 5) is 24.9. The fourth-order valence-electron chi connectivity index (χ4n) is 3.31. The molecular formula is C28H27N3O3. The molecule has 0 aliphatic carbocycles. The summed E-state index contributed by atoms with van der Waals surface area (Å²) in [6, 6.07) is 22.0. The second kappa shape index (κ2) is 11.5. The topological polar surface area (TPSA) is 91.2 Å². The molecule has 0 aliphatic rings. The summed E-state index contributed by atoms with van der Waals surface area (Å²) >= 11 is 0. The van der Waals surface area contributed by atoms with Crippen molar-refractivity contribution in [1.82, 2.24) is 0 Å². The molecule has 172 valence electrons. The van der Waals surface area contributed by atoms with E-state index < -0.39 is 5.91 Å². The molecular weight excluding hydrogens is 426 g/mol. The quantitative estimate of drug-likeness (QED) is 0.351. The highest BCUT2D eigenvalue weighted by atomic mass is 16.5. The average Bonchev–Trinajstić information content (AvgIpc) is 2.84. The van der Waals surface area contributed by atoms with Gasteiger partial charge >= 0.3 is 0 Å². The van der Waals surface area contributed by atoms with Crippen LogP contribution in [0.5, 0.6) is 5.75 Å². The predicted molar refractivity (Wildman–Crippen MR) is 135 cm³/mol. The Kier molecular flexibility index (Phi) is 8.20. The highest BCUT2D eigenvalue weighted by Gasteiger charge is 2.12. The van der Waals surface area contributed by atoms with E-state index >= 15 is 0 Å². The SMILES string of the molecule is CCc1ccccc1NC(=O)/C(C#N)=C\c1cccc(OCC(=O)Nc2ccc(C)c(C)c2)c1. The summed E-state index contributed by atoms with van der Waals surface area (Å²) in [5, 5.41) is 15.1. The van der Waals surface area contributed by atoms with Crippen molar-refractivity contribution in [1.29, 1.82) is 5.26 Å². The van der Waals surface area contributed by atoms with Crippen LogP contribution in [0.2, 0.25) is 0 Å². The number of ether oxygens (including phenoxy) is 1. The van der Waals surface area contributed by atoms with Crippen LogP contribution in [-0.2, 0) is 16.0 Å². The second-order valence-corrected chi connectivity index (χ2v) is 7.84. The number of carbonyl (C=O) groups is 2. The minimum atomic E-state index is -0.484. The van der Waals surface area contributed by atoms with E-state index in [0.717, 1.165) is 23.1 Å². The number of aryl methyl sites for hydroxylation is 3. The molecule has 0 aliphatic heterocycles. The molecule has 3 rings (SSSR count). The van der Waals surface area contributed by atoms with Crippen LogP contribution in [0.4, 0.5) is 11.4 Å². The zero-order chi connectivity index (χ0) is 24.5. The number of carbonyl (C=O) groups excluding carboxylic acids is 2. The molecule has 0 saturated carbocycles. The second-order valence-electron chi connectivity index (χ2n) is 7.84. The fraction of sp³-hybridized carbons (Fsp3) is 0.179. The van der Waals surface area contributed by atoms with E-state index in [1.807, 2.05) is 69.3 Å². The van der Waals surface area contributed by atoms with E-state index in [1.165, 1.54) is 6.08 Å². The molecule has 3 aromatic rings. The maximum Gasteiger partial charge on any atom is 0.266 e. The maximum atomic E-state index is 12.6. The van der Waals surface area contributed by atoms with Gasteiger partial charge in [-0.25, -0.2) is 0 Å². The van der Waals surface area contributed by atoms with E-state index in [4.69, 9.17) is 4.74 Å². The molecule has 0 atom stereocenters. The lowest BCUT2D eigenvalue weighted by molar-refractivity contribution is -0.118. The molecule has 6 heteroatoms. The minimum absolute atomic E-state index is 0.0319. The van der Waals surface area contributed by atoms with Crippen LogP contribution >= 0.6 is 0 Å². The first kappa shape index (κ1) is 24.3. The van der Waals surface area contributed by atoms with E-state index in [-0.39, 0.29) is 18.1 Å². The van der Waals surface area contributed by atoms with E-state index in [9.17, 15) is 14.9 Å². The Morgan fingerprint density at radius 2 is 1.76 bits per heavy atom. The van der Waals surface area contributed by atoms with Gasteiger partial charge < -0.3 is 15.4 Å². The van der Waals surface area contributed by atoms with Gasteiger partial charge in [-0.15, -0.1) is 0 Å². The lowest BCUT2D eigenvalue weighted by Gasteiger charge is -2.10. The number of benzene rings is 3. The summed E-state index contributed by atoms with van der Waals surface area (Å²) in [6.45, 7) is 5.83. The van der Waals surface area contributed by atoms with Crippen molar-refractivity contribution in [3.63, 3.8) is 0 Å². The minimum Gasteiger partial charge on any atom is -0.484 e. The summed E-state index contributed by atoms with van der Waals surface area (Å²) in [5.41, 5.74) is 5.21. The van der Waals surface area contributed by atoms with Crippen LogP contribution in [0, 0.1) is 25.2 Å². The molecule has 0 bridgehead atoms. The molecule has 0 fully saturated rings. The van der Waals surface area contributed by atoms with Crippen molar-refractivity contribution < 1.29 is 14.3 Å². The molecule has 3 aromatic carbocycles. The van der Waals surface area contributed by atoms with E-state index in [2.05, 4.69) is 10.6 Å². The smallest absolute Gasteiger partial charge is 0.266 e. The Morgan fingerprint density at radius 3 is 2.50 bits per heavy atom. The molecule has 0 aromatic heterocycles. The number of para-hydroxylation sites is 1. The summed E-state index contributed by atoms with van der Waals surface area (Å²) in [5.74, 6) is -0.309. The number of rotatable bonds is 8. The molecule has 2 N–H and O–H groups in total. The number of nitriles is 1. The summed E-state index contributed by atoms with van der Waals surface area (Å²) in [7, 11) is 0. The van der Waals surface area contributed by atoms with Crippen LogP contribution in [0.25, 0.3) is 6.08 Å². The number of amides is 2. The molecule has 34 heavy (non-hydrogen) atoms. The Morgan fingerprint density at radius 1 is 0.971 bits per heavy atom. The zero-order valence-corrected chi connectivity index (χ0v) is 19.5. The number of hydrogen-bond acceptors (Lipinski definition) is 4. The van der Waals surface area contributed by atoms with E-state index in [1.54, 1.807) is 24.3 Å². The molecule has 6 nitrogen and oxygen atoms in total. The number of nitrogens with one attached hydrogen (secondary N) is 2. The summed E-state index contributed by atoms with van der Waals surface area (Å²) < 4.78 is 5.61. The first-order chi connectivity index (χ1) is 16.4. The lowest BCUT2D eigenvalue weighted by atomic mass is 10.1. The van der Waals surface area contributed by atoms with E-state index in [0.29, 0.717) is 22.7 Å². The predicted octanol–water partition coefficient (Wildman–Crippen LogP) is 5.43. The first-order valence-electron chi connectivity index (χ1n) is 11.0. The maximum absolute atomic E-state index is 12.6. The number of hydrogen-bond donors (Lipinski definition) is 2. The third kappa shape index (κ3) is 6.57.